The Morgan fingerprint density at radius 1 is 1.04 bits per heavy atom. The van der Waals surface area contributed by atoms with Crippen molar-refractivity contribution in [3.05, 3.63) is 54.2 Å². The summed E-state index contributed by atoms with van der Waals surface area (Å²) in [6.07, 6.45) is 4.60. The summed E-state index contributed by atoms with van der Waals surface area (Å²) in [5.74, 6) is 3.04. The number of fused-ring (bicyclic) bond motifs is 1. The number of hydrogen-bond acceptors (Lipinski definition) is 8. The Balaban J connectivity index is 1.49. The van der Waals surface area contributed by atoms with E-state index < -0.39 is 0 Å². The van der Waals surface area contributed by atoms with E-state index in [0.29, 0.717) is 17.7 Å². The largest absolute Gasteiger partial charge is 0.365 e. The molecule has 0 saturated carbocycles. The smallest absolute Gasteiger partial charge is 0.162 e. The number of nitrogens with zero attached hydrogens (tertiary/aromatic N) is 4. The van der Waals surface area contributed by atoms with E-state index in [1.54, 1.807) is 23.7 Å². The number of hydrogen-bond donors (Lipinski definition) is 3. The predicted octanol–water partition coefficient (Wildman–Crippen LogP) is 3.67. The highest BCUT2D eigenvalue weighted by molar-refractivity contribution is 7.17. The molecule has 1 aliphatic heterocycles. The van der Waals surface area contributed by atoms with Crippen LogP contribution in [0.4, 0.5) is 17.5 Å². The van der Waals surface area contributed by atoms with Gasteiger partial charge in [-0.2, -0.15) is 0 Å². The SMILES string of the molecule is c1ccc(Nc2cc(-c3nc(N[C@@H]4CCNC4)c4sccc4n3)ccn2)nc1. The maximum absolute atomic E-state index is 4.84. The third kappa shape index (κ3) is 3.51. The van der Waals surface area contributed by atoms with Gasteiger partial charge in [0.25, 0.3) is 0 Å². The van der Waals surface area contributed by atoms with Crippen LogP contribution in [-0.4, -0.2) is 39.1 Å². The Morgan fingerprint density at radius 2 is 2.00 bits per heavy atom. The molecule has 1 saturated heterocycles. The minimum Gasteiger partial charge on any atom is -0.365 e. The molecule has 5 rings (SSSR count). The van der Waals surface area contributed by atoms with E-state index >= 15 is 0 Å². The lowest BCUT2D eigenvalue weighted by molar-refractivity contribution is 0.789. The van der Waals surface area contributed by atoms with E-state index in [0.717, 1.165) is 46.9 Å². The molecule has 8 heteroatoms. The maximum Gasteiger partial charge on any atom is 0.162 e. The van der Waals surface area contributed by atoms with Gasteiger partial charge in [0.05, 0.1) is 10.2 Å². The molecule has 28 heavy (non-hydrogen) atoms. The average Bonchev–Trinajstić information content (AvgIpc) is 3.41. The van der Waals surface area contributed by atoms with Crippen LogP contribution in [-0.2, 0) is 0 Å². The summed E-state index contributed by atoms with van der Waals surface area (Å²) in [5, 5.41) is 12.3. The molecular formula is C20H19N7S. The van der Waals surface area contributed by atoms with Crippen LogP contribution in [0.2, 0.25) is 0 Å². The van der Waals surface area contributed by atoms with Crippen LogP contribution in [0.1, 0.15) is 6.42 Å². The lowest BCUT2D eigenvalue weighted by atomic mass is 10.2. The highest BCUT2D eigenvalue weighted by atomic mass is 32.1. The van der Waals surface area contributed by atoms with Crippen molar-refractivity contribution in [2.45, 2.75) is 12.5 Å². The Bertz CT molecular complexity index is 1090. The second-order valence-corrected chi connectivity index (χ2v) is 7.55. The van der Waals surface area contributed by atoms with E-state index in [1.165, 1.54) is 0 Å². The third-order valence-electron chi connectivity index (χ3n) is 4.64. The van der Waals surface area contributed by atoms with Crippen LogP contribution in [0.3, 0.4) is 0 Å². The van der Waals surface area contributed by atoms with E-state index in [9.17, 15) is 0 Å². The topological polar surface area (TPSA) is 87.7 Å². The van der Waals surface area contributed by atoms with Crippen LogP contribution in [0.25, 0.3) is 21.6 Å². The summed E-state index contributed by atoms with van der Waals surface area (Å²) in [4.78, 5) is 18.3. The quantitative estimate of drug-likeness (QED) is 0.480. The molecule has 1 aliphatic rings. The Morgan fingerprint density at radius 3 is 2.86 bits per heavy atom. The standard InChI is InChI=1S/C20H19N7S/c1-2-7-22-16(3-1)26-17-11-13(4-9-23-17)19-25-15-6-10-28-18(15)20(27-19)24-14-5-8-21-12-14/h1-4,6-7,9-11,14,21H,5,8,12H2,(H,22,23,26)(H,24,25,27)/t14-/m1/s1. The first-order valence-corrected chi connectivity index (χ1v) is 10.1. The van der Waals surface area contributed by atoms with Gasteiger partial charge in [-0.1, -0.05) is 6.07 Å². The van der Waals surface area contributed by atoms with Gasteiger partial charge < -0.3 is 16.0 Å². The fourth-order valence-corrected chi connectivity index (χ4v) is 4.05. The minimum atomic E-state index is 0.395. The van der Waals surface area contributed by atoms with Crippen molar-refractivity contribution >= 4 is 39.0 Å². The molecule has 3 N–H and O–H groups in total. The van der Waals surface area contributed by atoms with Crippen LogP contribution in [0.5, 0.6) is 0 Å². The molecule has 5 heterocycles. The summed E-state index contributed by atoms with van der Waals surface area (Å²) in [5.41, 5.74) is 1.87. The molecule has 0 spiro atoms. The first-order valence-electron chi connectivity index (χ1n) is 9.22. The van der Waals surface area contributed by atoms with Gasteiger partial charge in [0, 0.05) is 30.5 Å². The third-order valence-corrected chi connectivity index (χ3v) is 5.55. The van der Waals surface area contributed by atoms with Crippen molar-refractivity contribution < 1.29 is 0 Å². The predicted molar refractivity (Wildman–Crippen MR) is 113 cm³/mol. The number of nitrogens with one attached hydrogen (secondary N) is 3. The highest BCUT2D eigenvalue weighted by Gasteiger charge is 2.18. The minimum absolute atomic E-state index is 0.395. The van der Waals surface area contributed by atoms with Gasteiger partial charge in [0.1, 0.15) is 17.5 Å². The number of rotatable bonds is 5. The second-order valence-electron chi connectivity index (χ2n) is 6.63. The van der Waals surface area contributed by atoms with Crippen molar-refractivity contribution in [1.29, 1.82) is 0 Å². The number of pyridine rings is 2. The first-order chi connectivity index (χ1) is 13.8. The maximum atomic E-state index is 4.84. The fraction of sp³-hybridized carbons (Fsp3) is 0.200. The Labute approximate surface area is 166 Å². The molecule has 0 radical (unpaired) electrons. The molecule has 4 aromatic heterocycles. The van der Waals surface area contributed by atoms with Crippen molar-refractivity contribution in [1.82, 2.24) is 25.3 Å². The van der Waals surface area contributed by atoms with Gasteiger partial charge in [-0.15, -0.1) is 11.3 Å². The van der Waals surface area contributed by atoms with Gasteiger partial charge >= 0.3 is 0 Å². The second kappa shape index (κ2) is 7.49. The van der Waals surface area contributed by atoms with Gasteiger partial charge in [-0.05, 0) is 48.7 Å². The van der Waals surface area contributed by atoms with E-state index in [2.05, 4.69) is 31.3 Å². The van der Waals surface area contributed by atoms with Crippen LogP contribution in [0, 0.1) is 0 Å². The van der Waals surface area contributed by atoms with Crippen molar-refractivity contribution in [2.75, 3.05) is 23.7 Å². The van der Waals surface area contributed by atoms with Crippen molar-refractivity contribution in [3.8, 4) is 11.4 Å². The summed E-state index contributed by atoms with van der Waals surface area (Å²) < 4.78 is 1.09. The fourth-order valence-electron chi connectivity index (χ4n) is 3.27. The summed E-state index contributed by atoms with van der Waals surface area (Å²) in [6.45, 7) is 2.00. The number of aromatic nitrogens is 4. The zero-order valence-corrected chi connectivity index (χ0v) is 15.9. The lowest BCUT2D eigenvalue weighted by Gasteiger charge is -2.14. The molecule has 0 aliphatic carbocycles. The molecule has 7 nitrogen and oxygen atoms in total. The molecular weight excluding hydrogens is 370 g/mol. The first kappa shape index (κ1) is 17.0. The molecule has 0 unspecified atom stereocenters. The van der Waals surface area contributed by atoms with Crippen molar-refractivity contribution in [3.63, 3.8) is 0 Å². The monoisotopic (exact) mass is 389 g/mol. The van der Waals surface area contributed by atoms with Crippen molar-refractivity contribution in [2.24, 2.45) is 0 Å². The van der Waals surface area contributed by atoms with E-state index in [4.69, 9.17) is 9.97 Å². The normalized spacial score (nSPS) is 16.4. The number of thiophene rings is 1. The zero-order chi connectivity index (χ0) is 18.8. The Kier molecular flexibility index (Phi) is 4.56. The van der Waals surface area contributed by atoms with Crippen LogP contribution < -0.4 is 16.0 Å². The molecule has 0 bridgehead atoms. The summed E-state index contributed by atoms with van der Waals surface area (Å²) >= 11 is 1.67. The average molecular weight is 389 g/mol. The lowest BCUT2D eigenvalue weighted by Crippen LogP contribution is -2.22. The molecule has 1 atom stereocenters. The summed E-state index contributed by atoms with van der Waals surface area (Å²) in [6, 6.07) is 12.0. The molecule has 140 valence electrons. The zero-order valence-electron chi connectivity index (χ0n) is 15.1. The summed E-state index contributed by atoms with van der Waals surface area (Å²) in [7, 11) is 0. The van der Waals surface area contributed by atoms with E-state index in [1.807, 2.05) is 36.4 Å². The van der Waals surface area contributed by atoms with Gasteiger partial charge in [0.15, 0.2) is 5.82 Å². The molecule has 4 aromatic rings. The van der Waals surface area contributed by atoms with Gasteiger partial charge in [-0.3, -0.25) is 0 Å². The van der Waals surface area contributed by atoms with E-state index in [-0.39, 0.29) is 0 Å². The van der Waals surface area contributed by atoms with Crippen LogP contribution in [0.15, 0.2) is 54.2 Å². The van der Waals surface area contributed by atoms with Gasteiger partial charge in [-0.25, -0.2) is 19.9 Å². The number of anilines is 3. The molecule has 1 fully saturated rings. The van der Waals surface area contributed by atoms with Gasteiger partial charge in [0.2, 0.25) is 0 Å². The highest BCUT2D eigenvalue weighted by Crippen LogP contribution is 2.30. The van der Waals surface area contributed by atoms with Crippen LogP contribution >= 0.6 is 11.3 Å². The molecule has 0 amide bonds. The Hall–Kier alpha value is -3.10. The molecule has 0 aromatic carbocycles.